The molecule has 27 heavy (non-hydrogen) atoms. The lowest BCUT2D eigenvalue weighted by Gasteiger charge is -2.33. The average molecular weight is 380 g/mol. The minimum atomic E-state index is -0.533. The first kappa shape index (κ1) is 21.0. The molecule has 2 amide bonds. The summed E-state index contributed by atoms with van der Waals surface area (Å²) < 4.78 is 24.1. The third kappa shape index (κ3) is 5.84. The number of rotatable bonds is 4. The normalized spacial score (nSPS) is 16.6. The van der Waals surface area contributed by atoms with Gasteiger partial charge in [-0.2, -0.15) is 0 Å². The van der Waals surface area contributed by atoms with Gasteiger partial charge in [-0.15, -0.1) is 0 Å². The van der Waals surface area contributed by atoms with Crippen molar-refractivity contribution in [2.75, 3.05) is 20.2 Å². The molecule has 1 saturated heterocycles. The lowest BCUT2D eigenvalue weighted by Crippen LogP contribution is -2.45. The van der Waals surface area contributed by atoms with Gasteiger partial charge in [-0.3, -0.25) is 4.79 Å². The topological polar surface area (TPSA) is 67.9 Å². The zero-order chi connectivity index (χ0) is 20.2. The number of hydrogen-bond acceptors (Lipinski definition) is 4. The average Bonchev–Trinajstić information content (AvgIpc) is 2.60. The first-order valence-corrected chi connectivity index (χ1v) is 9.22. The molecule has 1 fully saturated rings. The number of benzene rings is 1. The van der Waals surface area contributed by atoms with Gasteiger partial charge < -0.3 is 19.7 Å². The molecule has 1 aliphatic rings. The summed E-state index contributed by atoms with van der Waals surface area (Å²) in [5, 5.41) is 2.93. The Morgan fingerprint density at radius 3 is 2.41 bits per heavy atom. The number of piperidine rings is 1. The molecule has 0 saturated carbocycles. The van der Waals surface area contributed by atoms with E-state index in [4.69, 9.17) is 9.47 Å². The molecule has 1 aliphatic heterocycles. The van der Waals surface area contributed by atoms with Crippen molar-refractivity contribution in [2.24, 2.45) is 5.92 Å². The standard InChI is InChI=1S/C20H29FN2O4/c1-13(15-6-7-17(26-5)16(21)12-15)22-18(24)14-8-10-23(11-9-14)19(25)27-20(2,3)4/h6-7,12-14H,8-11H2,1-5H3,(H,22,24)/t13-/m1/s1. The van der Waals surface area contributed by atoms with E-state index in [1.54, 1.807) is 17.0 Å². The Morgan fingerprint density at radius 1 is 1.26 bits per heavy atom. The van der Waals surface area contributed by atoms with Crippen molar-refractivity contribution in [3.8, 4) is 5.75 Å². The summed E-state index contributed by atoms with van der Waals surface area (Å²) in [6.45, 7) is 8.27. The molecule has 0 aliphatic carbocycles. The molecule has 1 atom stereocenters. The Labute approximate surface area is 160 Å². The second-order valence-corrected chi connectivity index (χ2v) is 7.87. The summed E-state index contributed by atoms with van der Waals surface area (Å²) in [4.78, 5) is 26.3. The highest BCUT2D eigenvalue weighted by molar-refractivity contribution is 5.79. The van der Waals surface area contributed by atoms with Gasteiger partial charge in [-0.05, 0) is 58.2 Å². The van der Waals surface area contributed by atoms with E-state index >= 15 is 0 Å². The third-order valence-electron chi connectivity index (χ3n) is 4.55. The zero-order valence-electron chi connectivity index (χ0n) is 16.7. The molecule has 1 aromatic carbocycles. The fraction of sp³-hybridized carbons (Fsp3) is 0.600. The molecule has 7 heteroatoms. The van der Waals surface area contributed by atoms with Crippen LogP contribution in [0.4, 0.5) is 9.18 Å². The number of ether oxygens (including phenoxy) is 2. The van der Waals surface area contributed by atoms with Gasteiger partial charge in [-0.25, -0.2) is 9.18 Å². The van der Waals surface area contributed by atoms with E-state index < -0.39 is 11.4 Å². The summed E-state index contributed by atoms with van der Waals surface area (Å²) in [6, 6.07) is 4.33. The number of carbonyl (C=O) groups is 2. The highest BCUT2D eigenvalue weighted by atomic mass is 19.1. The minimum Gasteiger partial charge on any atom is -0.494 e. The van der Waals surface area contributed by atoms with Crippen LogP contribution in [0.25, 0.3) is 0 Å². The van der Waals surface area contributed by atoms with Gasteiger partial charge in [0.05, 0.1) is 13.2 Å². The number of carbonyl (C=O) groups excluding carboxylic acids is 2. The SMILES string of the molecule is COc1ccc([C@@H](C)NC(=O)C2CCN(C(=O)OC(C)(C)C)CC2)cc1F. The number of halogens is 1. The number of nitrogens with zero attached hydrogens (tertiary/aromatic N) is 1. The molecular weight excluding hydrogens is 351 g/mol. The zero-order valence-corrected chi connectivity index (χ0v) is 16.7. The monoisotopic (exact) mass is 380 g/mol. The molecule has 1 aromatic rings. The molecule has 0 aromatic heterocycles. The second kappa shape index (κ2) is 8.59. The number of methoxy groups -OCH3 is 1. The Balaban J connectivity index is 1.87. The summed E-state index contributed by atoms with van der Waals surface area (Å²) >= 11 is 0. The Hall–Kier alpha value is -2.31. The molecule has 0 radical (unpaired) electrons. The van der Waals surface area contributed by atoms with Crippen molar-refractivity contribution in [2.45, 2.75) is 52.2 Å². The van der Waals surface area contributed by atoms with E-state index in [0.29, 0.717) is 31.5 Å². The maximum Gasteiger partial charge on any atom is 0.410 e. The van der Waals surface area contributed by atoms with Crippen molar-refractivity contribution < 1.29 is 23.5 Å². The fourth-order valence-electron chi connectivity index (χ4n) is 3.02. The van der Waals surface area contributed by atoms with Crippen LogP contribution in [-0.2, 0) is 9.53 Å². The molecule has 2 rings (SSSR count). The third-order valence-corrected chi connectivity index (χ3v) is 4.55. The van der Waals surface area contributed by atoms with Gasteiger partial charge in [0.1, 0.15) is 5.60 Å². The molecule has 150 valence electrons. The summed E-state index contributed by atoms with van der Waals surface area (Å²) in [5.41, 5.74) is 0.141. The molecule has 1 heterocycles. The van der Waals surface area contributed by atoms with Crippen LogP contribution < -0.4 is 10.1 Å². The predicted octanol–water partition coefficient (Wildman–Crippen LogP) is 3.66. The van der Waals surface area contributed by atoms with Gasteiger partial charge in [0, 0.05) is 19.0 Å². The van der Waals surface area contributed by atoms with Crippen LogP contribution in [0, 0.1) is 11.7 Å². The number of likely N-dealkylation sites (tertiary alicyclic amines) is 1. The number of amides is 2. The quantitative estimate of drug-likeness (QED) is 0.866. The van der Waals surface area contributed by atoms with Crippen molar-refractivity contribution in [3.05, 3.63) is 29.6 Å². The highest BCUT2D eigenvalue weighted by Crippen LogP contribution is 2.24. The highest BCUT2D eigenvalue weighted by Gasteiger charge is 2.30. The maximum absolute atomic E-state index is 13.9. The smallest absolute Gasteiger partial charge is 0.410 e. The number of nitrogens with one attached hydrogen (secondary N) is 1. The van der Waals surface area contributed by atoms with Gasteiger partial charge in [-0.1, -0.05) is 6.07 Å². The van der Waals surface area contributed by atoms with Crippen molar-refractivity contribution in [1.29, 1.82) is 0 Å². The van der Waals surface area contributed by atoms with E-state index in [2.05, 4.69) is 5.32 Å². The van der Waals surface area contributed by atoms with E-state index in [0.717, 1.165) is 0 Å². The Bertz CT molecular complexity index is 679. The molecular formula is C20H29FN2O4. The Kier molecular flexibility index (Phi) is 6.68. The lowest BCUT2D eigenvalue weighted by molar-refractivity contribution is -0.127. The summed E-state index contributed by atoms with van der Waals surface area (Å²) in [7, 11) is 1.41. The first-order chi connectivity index (χ1) is 12.6. The minimum absolute atomic E-state index is 0.0810. The van der Waals surface area contributed by atoms with Gasteiger partial charge in [0.2, 0.25) is 5.91 Å². The predicted molar refractivity (Wildman–Crippen MR) is 100 cm³/mol. The van der Waals surface area contributed by atoms with Crippen LogP contribution >= 0.6 is 0 Å². The van der Waals surface area contributed by atoms with E-state index in [-0.39, 0.29) is 29.7 Å². The first-order valence-electron chi connectivity index (χ1n) is 9.22. The molecule has 0 bridgehead atoms. The van der Waals surface area contributed by atoms with E-state index in [9.17, 15) is 14.0 Å². The number of hydrogen-bond donors (Lipinski definition) is 1. The van der Waals surface area contributed by atoms with Crippen LogP contribution in [0.1, 0.15) is 52.1 Å². The van der Waals surface area contributed by atoms with Crippen LogP contribution in [0.15, 0.2) is 18.2 Å². The van der Waals surface area contributed by atoms with Crippen molar-refractivity contribution in [1.82, 2.24) is 10.2 Å². The Morgan fingerprint density at radius 2 is 1.89 bits per heavy atom. The maximum atomic E-state index is 13.9. The molecule has 1 N–H and O–H groups in total. The van der Waals surface area contributed by atoms with Gasteiger partial charge in [0.15, 0.2) is 11.6 Å². The van der Waals surface area contributed by atoms with E-state index in [1.165, 1.54) is 13.2 Å². The molecule has 6 nitrogen and oxygen atoms in total. The van der Waals surface area contributed by atoms with Crippen LogP contribution in [-0.4, -0.2) is 42.7 Å². The summed E-state index contributed by atoms with van der Waals surface area (Å²) in [5.74, 6) is -0.537. The molecule has 0 unspecified atom stereocenters. The molecule has 0 spiro atoms. The lowest BCUT2D eigenvalue weighted by atomic mass is 9.95. The van der Waals surface area contributed by atoms with Crippen LogP contribution in [0.5, 0.6) is 5.75 Å². The van der Waals surface area contributed by atoms with Gasteiger partial charge >= 0.3 is 6.09 Å². The fourth-order valence-corrected chi connectivity index (χ4v) is 3.02. The second-order valence-electron chi connectivity index (χ2n) is 7.87. The van der Waals surface area contributed by atoms with Crippen LogP contribution in [0.3, 0.4) is 0 Å². The van der Waals surface area contributed by atoms with Crippen molar-refractivity contribution in [3.63, 3.8) is 0 Å². The van der Waals surface area contributed by atoms with E-state index in [1.807, 2.05) is 27.7 Å². The van der Waals surface area contributed by atoms with Crippen LogP contribution in [0.2, 0.25) is 0 Å². The summed E-state index contributed by atoms with van der Waals surface area (Å²) in [6.07, 6.45) is 0.812. The largest absolute Gasteiger partial charge is 0.494 e. The van der Waals surface area contributed by atoms with Gasteiger partial charge in [0.25, 0.3) is 0 Å². The van der Waals surface area contributed by atoms with Crippen molar-refractivity contribution >= 4 is 12.0 Å².